The normalized spacial score (nSPS) is 22.4. The Morgan fingerprint density at radius 2 is 2.22 bits per heavy atom. The van der Waals surface area contributed by atoms with Gasteiger partial charge in [-0.05, 0) is 34.8 Å². The number of carbonyl (C=O) groups is 1. The molecule has 0 spiro atoms. The maximum Gasteiger partial charge on any atom is 0.253 e. The van der Waals surface area contributed by atoms with E-state index in [1.54, 1.807) is 12.3 Å². The molecule has 0 bridgehead atoms. The van der Waals surface area contributed by atoms with Gasteiger partial charge in [0.1, 0.15) is 0 Å². The molecule has 1 unspecified atom stereocenters. The number of hydrogen-bond donors (Lipinski definition) is 1. The van der Waals surface area contributed by atoms with E-state index in [1.807, 2.05) is 0 Å². The van der Waals surface area contributed by atoms with Crippen LogP contribution in [0.3, 0.4) is 0 Å². The lowest BCUT2D eigenvalue weighted by Crippen LogP contribution is -2.43. The molecule has 5 nitrogen and oxygen atoms in total. The quantitative estimate of drug-likeness (QED) is 0.881. The summed E-state index contributed by atoms with van der Waals surface area (Å²) in [5.74, 6) is -0.0382. The van der Waals surface area contributed by atoms with Crippen molar-refractivity contribution in [2.24, 2.45) is 0 Å². The summed E-state index contributed by atoms with van der Waals surface area (Å²) in [5, 5.41) is 2.74. The molecule has 0 aliphatic carbocycles. The van der Waals surface area contributed by atoms with Crippen molar-refractivity contribution in [1.82, 2.24) is 10.3 Å². The summed E-state index contributed by atoms with van der Waals surface area (Å²) < 4.78 is 23.6. The van der Waals surface area contributed by atoms with Crippen molar-refractivity contribution in [2.45, 2.75) is 18.9 Å². The van der Waals surface area contributed by atoms with Gasteiger partial charge in [0.25, 0.3) is 5.91 Å². The predicted octanol–water partition coefficient (Wildman–Crippen LogP) is 1.15. The van der Waals surface area contributed by atoms with Crippen molar-refractivity contribution in [1.29, 1.82) is 0 Å². The number of halogens is 1. The first kappa shape index (κ1) is 13.5. The van der Waals surface area contributed by atoms with Gasteiger partial charge in [-0.15, -0.1) is 0 Å². The van der Waals surface area contributed by atoms with Crippen LogP contribution in [0, 0.1) is 0 Å². The smallest absolute Gasteiger partial charge is 0.253 e. The van der Waals surface area contributed by atoms with E-state index in [-0.39, 0.29) is 23.5 Å². The van der Waals surface area contributed by atoms with Gasteiger partial charge >= 0.3 is 0 Å². The van der Waals surface area contributed by atoms with E-state index in [1.165, 1.54) is 6.20 Å². The fourth-order valence-electron chi connectivity index (χ4n) is 1.94. The number of carbonyl (C=O) groups excluding carboxylic acids is 1. The summed E-state index contributed by atoms with van der Waals surface area (Å²) in [6.07, 6.45) is 4.34. The third-order valence-electron chi connectivity index (χ3n) is 2.77. The van der Waals surface area contributed by atoms with Gasteiger partial charge in [-0.2, -0.15) is 0 Å². The zero-order chi connectivity index (χ0) is 13.2. The van der Waals surface area contributed by atoms with E-state index in [2.05, 4.69) is 26.2 Å². The Hall–Kier alpha value is -0.950. The third kappa shape index (κ3) is 3.52. The minimum absolute atomic E-state index is 0.0279. The molecule has 1 aliphatic heterocycles. The van der Waals surface area contributed by atoms with Gasteiger partial charge in [0, 0.05) is 22.9 Å². The maximum absolute atomic E-state index is 11.9. The molecule has 18 heavy (non-hydrogen) atoms. The lowest BCUT2D eigenvalue weighted by molar-refractivity contribution is 0.0938. The molecule has 0 aromatic carbocycles. The number of hydrogen-bond acceptors (Lipinski definition) is 4. The van der Waals surface area contributed by atoms with Crippen LogP contribution in [0.2, 0.25) is 0 Å². The standard InChI is InChI=1S/C11H13BrN2O3S/c12-9-4-8(5-13-6-9)11(15)14-10-2-1-3-18(16,17)7-10/h4-6,10H,1-3,7H2,(H,14,15). The fourth-order valence-corrected chi connectivity index (χ4v) is 3.94. The highest BCUT2D eigenvalue weighted by Crippen LogP contribution is 2.14. The van der Waals surface area contributed by atoms with E-state index in [9.17, 15) is 13.2 Å². The second kappa shape index (κ2) is 5.36. The minimum Gasteiger partial charge on any atom is -0.348 e. The predicted molar refractivity (Wildman–Crippen MR) is 71.1 cm³/mol. The maximum atomic E-state index is 11.9. The van der Waals surface area contributed by atoms with Crippen molar-refractivity contribution in [3.05, 3.63) is 28.5 Å². The molecule has 1 fully saturated rings. The zero-order valence-electron chi connectivity index (χ0n) is 9.60. The van der Waals surface area contributed by atoms with Crippen LogP contribution in [0.25, 0.3) is 0 Å². The van der Waals surface area contributed by atoms with E-state index in [0.717, 1.165) is 0 Å². The fraction of sp³-hybridized carbons (Fsp3) is 0.455. The topological polar surface area (TPSA) is 76.1 Å². The molecule has 1 N–H and O–H groups in total. The summed E-state index contributed by atoms with van der Waals surface area (Å²) >= 11 is 3.24. The van der Waals surface area contributed by atoms with Crippen molar-refractivity contribution < 1.29 is 13.2 Å². The van der Waals surface area contributed by atoms with Crippen LogP contribution in [-0.4, -0.2) is 36.9 Å². The van der Waals surface area contributed by atoms with Crippen molar-refractivity contribution in [3.8, 4) is 0 Å². The molecule has 0 radical (unpaired) electrons. The van der Waals surface area contributed by atoms with Gasteiger partial charge < -0.3 is 5.32 Å². The molecule has 1 atom stereocenters. The molecule has 7 heteroatoms. The molecule has 2 rings (SSSR count). The number of nitrogens with zero attached hydrogens (tertiary/aromatic N) is 1. The van der Waals surface area contributed by atoms with Crippen LogP contribution in [-0.2, 0) is 9.84 Å². The van der Waals surface area contributed by atoms with E-state index < -0.39 is 9.84 Å². The minimum atomic E-state index is -3.01. The molecular weight excluding hydrogens is 320 g/mol. The molecule has 98 valence electrons. The summed E-state index contributed by atoms with van der Waals surface area (Å²) in [6, 6.07) is 1.36. The van der Waals surface area contributed by atoms with Crippen molar-refractivity contribution in [2.75, 3.05) is 11.5 Å². The molecule has 2 heterocycles. The molecule has 1 aromatic heterocycles. The van der Waals surface area contributed by atoms with Crippen molar-refractivity contribution >= 4 is 31.7 Å². The van der Waals surface area contributed by atoms with Gasteiger partial charge in [-0.1, -0.05) is 0 Å². The van der Waals surface area contributed by atoms with Crippen LogP contribution in [0.15, 0.2) is 22.9 Å². The van der Waals surface area contributed by atoms with Crippen LogP contribution in [0.4, 0.5) is 0 Å². The Balaban J connectivity index is 2.03. The number of aromatic nitrogens is 1. The number of amides is 1. The molecular formula is C11H13BrN2O3S. The summed E-state index contributed by atoms with van der Waals surface area (Å²) in [4.78, 5) is 15.8. The van der Waals surface area contributed by atoms with Gasteiger partial charge in [-0.25, -0.2) is 8.42 Å². The average molecular weight is 333 g/mol. The SMILES string of the molecule is O=C(NC1CCCS(=O)(=O)C1)c1cncc(Br)c1. The van der Waals surface area contributed by atoms with Crippen LogP contribution < -0.4 is 5.32 Å². The molecule has 1 saturated heterocycles. The first-order chi connectivity index (χ1) is 8.46. The molecule has 1 amide bonds. The second-order valence-electron chi connectivity index (χ2n) is 4.32. The van der Waals surface area contributed by atoms with Gasteiger partial charge in [-0.3, -0.25) is 9.78 Å². The van der Waals surface area contributed by atoms with Crippen LogP contribution >= 0.6 is 15.9 Å². The highest BCUT2D eigenvalue weighted by molar-refractivity contribution is 9.10. The largest absolute Gasteiger partial charge is 0.348 e. The Morgan fingerprint density at radius 3 is 2.89 bits per heavy atom. The summed E-state index contributed by atoms with van der Waals surface area (Å²) in [5.41, 5.74) is 0.423. The van der Waals surface area contributed by atoms with Crippen LogP contribution in [0.5, 0.6) is 0 Å². The van der Waals surface area contributed by atoms with Crippen LogP contribution in [0.1, 0.15) is 23.2 Å². The van der Waals surface area contributed by atoms with E-state index in [0.29, 0.717) is 22.9 Å². The van der Waals surface area contributed by atoms with Gasteiger partial charge in [0.05, 0.1) is 17.1 Å². The van der Waals surface area contributed by atoms with Crippen molar-refractivity contribution in [3.63, 3.8) is 0 Å². The van der Waals surface area contributed by atoms with E-state index in [4.69, 9.17) is 0 Å². The Labute approximate surface area is 114 Å². The zero-order valence-corrected chi connectivity index (χ0v) is 12.0. The average Bonchev–Trinajstić information content (AvgIpc) is 2.27. The van der Waals surface area contributed by atoms with E-state index >= 15 is 0 Å². The third-order valence-corrected chi connectivity index (χ3v) is 5.02. The number of rotatable bonds is 2. The van der Waals surface area contributed by atoms with Gasteiger partial charge in [0.2, 0.25) is 0 Å². The monoisotopic (exact) mass is 332 g/mol. The molecule has 1 aliphatic rings. The summed E-state index contributed by atoms with van der Waals surface area (Å²) in [7, 11) is -3.01. The second-order valence-corrected chi connectivity index (χ2v) is 7.46. The number of nitrogens with one attached hydrogen (secondary N) is 1. The number of pyridine rings is 1. The first-order valence-electron chi connectivity index (χ1n) is 5.58. The summed E-state index contributed by atoms with van der Waals surface area (Å²) in [6.45, 7) is 0. The highest BCUT2D eigenvalue weighted by Gasteiger charge is 2.26. The van der Waals surface area contributed by atoms with Gasteiger partial charge in [0.15, 0.2) is 9.84 Å². The lowest BCUT2D eigenvalue weighted by Gasteiger charge is -2.22. The molecule has 1 aromatic rings. The lowest BCUT2D eigenvalue weighted by atomic mass is 10.1. The Bertz CT molecular complexity index is 559. The Morgan fingerprint density at radius 1 is 1.44 bits per heavy atom. The highest BCUT2D eigenvalue weighted by atomic mass is 79.9. The molecule has 0 saturated carbocycles. The number of sulfone groups is 1. The Kier molecular flexibility index (Phi) is 4.01. The first-order valence-corrected chi connectivity index (χ1v) is 8.19.